The highest BCUT2D eigenvalue weighted by Gasteiger charge is 2.14. The fourth-order valence-electron chi connectivity index (χ4n) is 1.64. The van der Waals surface area contributed by atoms with Gasteiger partial charge in [-0.3, -0.25) is 4.72 Å². The molecule has 2 rings (SSSR count). The summed E-state index contributed by atoms with van der Waals surface area (Å²) in [6.07, 6.45) is 0. The monoisotopic (exact) mass is 304 g/mol. The Balaban J connectivity index is 2.26. The molecule has 0 aromatic heterocycles. The van der Waals surface area contributed by atoms with E-state index in [1.807, 2.05) is 0 Å². The second kappa shape index (κ2) is 6.17. The maximum absolute atomic E-state index is 12.2. The standard InChI is InChI=1S/C13H12N4O3S/c1-20-12-4-2-3-11(9-12)16-21(18,19)13-7-5-10(6-8-13)15-17-14/h2-9,16H,1H3. The first-order chi connectivity index (χ1) is 10.0. The van der Waals surface area contributed by atoms with Crippen LogP contribution >= 0.6 is 0 Å². The number of nitrogens with one attached hydrogen (secondary N) is 1. The van der Waals surface area contributed by atoms with Gasteiger partial charge in [0, 0.05) is 16.7 Å². The van der Waals surface area contributed by atoms with Crippen LogP contribution in [0.1, 0.15) is 0 Å². The molecule has 0 atom stereocenters. The van der Waals surface area contributed by atoms with E-state index in [0.29, 0.717) is 17.1 Å². The number of ether oxygens (including phenoxy) is 1. The fraction of sp³-hybridized carbons (Fsp3) is 0.0769. The molecule has 0 saturated carbocycles. The predicted octanol–water partition coefficient (Wildman–Crippen LogP) is 3.44. The molecule has 0 aliphatic heterocycles. The number of methoxy groups -OCH3 is 1. The molecule has 2 aromatic carbocycles. The van der Waals surface area contributed by atoms with Gasteiger partial charge in [-0.1, -0.05) is 23.3 Å². The number of hydrogen-bond acceptors (Lipinski definition) is 4. The summed E-state index contributed by atoms with van der Waals surface area (Å²) in [5.74, 6) is 0.550. The summed E-state index contributed by atoms with van der Waals surface area (Å²) in [4.78, 5) is 2.70. The third kappa shape index (κ3) is 3.65. The SMILES string of the molecule is COc1cccc(NS(=O)(=O)c2ccc(N=[N+]=[N-])cc2)c1. The lowest BCUT2D eigenvalue weighted by Crippen LogP contribution is -2.12. The molecule has 0 saturated heterocycles. The van der Waals surface area contributed by atoms with Gasteiger partial charge in [0.25, 0.3) is 10.0 Å². The minimum atomic E-state index is -3.71. The molecule has 0 amide bonds. The van der Waals surface area contributed by atoms with Gasteiger partial charge >= 0.3 is 0 Å². The topological polar surface area (TPSA) is 104 Å². The summed E-state index contributed by atoms with van der Waals surface area (Å²) >= 11 is 0. The lowest BCUT2D eigenvalue weighted by atomic mass is 10.3. The van der Waals surface area contributed by atoms with Crippen molar-refractivity contribution >= 4 is 21.4 Å². The second-order valence-electron chi connectivity index (χ2n) is 4.02. The zero-order valence-electron chi connectivity index (χ0n) is 11.1. The highest BCUT2D eigenvalue weighted by atomic mass is 32.2. The maximum Gasteiger partial charge on any atom is 0.261 e. The van der Waals surface area contributed by atoms with Crippen molar-refractivity contribution < 1.29 is 13.2 Å². The minimum absolute atomic E-state index is 0.0715. The molecule has 2 aromatic rings. The van der Waals surface area contributed by atoms with Gasteiger partial charge in [-0.25, -0.2) is 8.42 Å². The van der Waals surface area contributed by atoms with Crippen LogP contribution in [0.5, 0.6) is 5.75 Å². The Morgan fingerprint density at radius 2 is 1.90 bits per heavy atom. The number of azide groups is 1. The molecule has 21 heavy (non-hydrogen) atoms. The van der Waals surface area contributed by atoms with Crippen LogP contribution in [-0.4, -0.2) is 15.5 Å². The van der Waals surface area contributed by atoms with E-state index in [9.17, 15) is 8.42 Å². The first-order valence-electron chi connectivity index (χ1n) is 5.87. The summed E-state index contributed by atoms with van der Waals surface area (Å²) in [5.41, 5.74) is 9.05. The van der Waals surface area contributed by atoms with Gasteiger partial charge in [-0.15, -0.1) is 0 Å². The van der Waals surface area contributed by atoms with Crippen molar-refractivity contribution in [3.8, 4) is 5.75 Å². The second-order valence-corrected chi connectivity index (χ2v) is 5.70. The fourth-order valence-corrected chi connectivity index (χ4v) is 2.69. The van der Waals surface area contributed by atoms with E-state index >= 15 is 0 Å². The Hall–Kier alpha value is -2.70. The molecule has 0 unspecified atom stereocenters. The van der Waals surface area contributed by atoms with E-state index in [1.165, 1.54) is 31.4 Å². The molecule has 0 bridgehead atoms. The lowest BCUT2D eigenvalue weighted by Gasteiger charge is -2.09. The molecule has 0 aliphatic carbocycles. The van der Waals surface area contributed by atoms with Crippen molar-refractivity contribution in [3.63, 3.8) is 0 Å². The van der Waals surface area contributed by atoms with Crippen LogP contribution in [0.2, 0.25) is 0 Å². The van der Waals surface area contributed by atoms with Crippen molar-refractivity contribution in [2.45, 2.75) is 4.90 Å². The Kier molecular flexibility index (Phi) is 4.32. The average molecular weight is 304 g/mol. The van der Waals surface area contributed by atoms with Crippen molar-refractivity contribution in [2.75, 3.05) is 11.8 Å². The zero-order valence-corrected chi connectivity index (χ0v) is 11.9. The Morgan fingerprint density at radius 1 is 1.19 bits per heavy atom. The molecule has 0 fully saturated rings. The third-order valence-electron chi connectivity index (χ3n) is 2.63. The van der Waals surface area contributed by atoms with Crippen molar-refractivity contribution in [1.29, 1.82) is 0 Å². The zero-order chi connectivity index (χ0) is 15.3. The number of benzene rings is 2. The van der Waals surface area contributed by atoms with E-state index in [2.05, 4.69) is 14.7 Å². The van der Waals surface area contributed by atoms with Crippen LogP contribution in [0.3, 0.4) is 0 Å². The van der Waals surface area contributed by atoms with Crippen LogP contribution in [0.15, 0.2) is 58.5 Å². The van der Waals surface area contributed by atoms with Gasteiger partial charge < -0.3 is 4.74 Å². The molecule has 0 radical (unpaired) electrons. The van der Waals surface area contributed by atoms with E-state index in [0.717, 1.165) is 0 Å². The molecule has 0 heterocycles. The molecule has 0 aliphatic rings. The average Bonchev–Trinajstić information content (AvgIpc) is 2.48. The quantitative estimate of drug-likeness (QED) is 0.519. The number of sulfonamides is 1. The minimum Gasteiger partial charge on any atom is -0.497 e. The van der Waals surface area contributed by atoms with Crippen LogP contribution < -0.4 is 9.46 Å². The summed E-state index contributed by atoms with van der Waals surface area (Å²) in [7, 11) is -2.21. The van der Waals surface area contributed by atoms with Gasteiger partial charge in [0.05, 0.1) is 17.7 Å². The van der Waals surface area contributed by atoms with Gasteiger partial charge in [0.1, 0.15) is 5.75 Å². The number of nitrogens with zero attached hydrogens (tertiary/aromatic N) is 3. The van der Waals surface area contributed by atoms with Crippen molar-refractivity contribution in [1.82, 2.24) is 0 Å². The van der Waals surface area contributed by atoms with E-state index < -0.39 is 10.0 Å². The molecule has 1 N–H and O–H groups in total. The number of rotatable bonds is 5. The Bertz CT molecular complexity index is 781. The smallest absolute Gasteiger partial charge is 0.261 e. The highest BCUT2D eigenvalue weighted by Crippen LogP contribution is 2.22. The summed E-state index contributed by atoms with van der Waals surface area (Å²) < 4.78 is 31.9. The summed E-state index contributed by atoms with van der Waals surface area (Å²) in [6.45, 7) is 0. The van der Waals surface area contributed by atoms with Gasteiger partial charge in [-0.05, 0) is 29.8 Å². The Labute approximate surface area is 121 Å². The van der Waals surface area contributed by atoms with E-state index in [4.69, 9.17) is 10.3 Å². The van der Waals surface area contributed by atoms with E-state index in [1.54, 1.807) is 24.3 Å². The summed E-state index contributed by atoms with van der Waals surface area (Å²) in [6, 6.07) is 12.2. The van der Waals surface area contributed by atoms with Crippen molar-refractivity contribution in [3.05, 3.63) is 59.0 Å². The van der Waals surface area contributed by atoms with Crippen LogP contribution in [0, 0.1) is 0 Å². The molecule has 108 valence electrons. The van der Waals surface area contributed by atoms with Crippen LogP contribution in [-0.2, 0) is 10.0 Å². The highest BCUT2D eigenvalue weighted by molar-refractivity contribution is 7.92. The maximum atomic E-state index is 12.2. The Morgan fingerprint density at radius 3 is 2.52 bits per heavy atom. The summed E-state index contributed by atoms with van der Waals surface area (Å²) in [5, 5.41) is 3.39. The van der Waals surface area contributed by atoms with Gasteiger partial charge in [-0.2, -0.15) is 0 Å². The molecular weight excluding hydrogens is 292 g/mol. The number of hydrogen-bond donors (Lipinski definition) is 1. The molecular formula is C13H12N4O3S. The van der Waals surface area contributed by atoms with Crippen LogP contribution in [0.4, 0.5) is 11.4 Å². The molecule has 7 nitrogen and oxygen atoms in total. The number of anilines is 1. The third-order valence-corrected chi connectivity index (χ3v) is 4.03. The molecule has 8 heteroatoms. The lowest BCUT2D eigenvalue weighted by molar-refractivity contribution is 0.415. The predicted molar refractivity (Wildman–Crippen MR) is 79.1 cm³/mol. The first-order valence-corrected chi connectivity index (χ1v) is 7.35. The largest absolute Gasteiger partial charge is 0.497 e. The van der Waals surface area contributed by atoms with Crippen molar-refractivity contribution in [2.24, 2.45) is 5.11 Å². The first kappa shape index (κ1) is 14.7. The van der Waals surface area contributed by atoms with Crippen LogP contribution in [0.25, 0.3) is 10.4 Å². The van der Waals surface area contributed by atoms with Gasteiger partial charge in [0.2, 0.25) is 0 Å². The molecule has 0 spiro atoms. The van der Waals surface area contributed by atoms with E-state index in [-0.39, 0.29) is 4.90 Å². The van der Waals surface area contributed by atoms with Gasteiger partial charge in [0.15, 0.2) is 0 Å². The normalized spacial score (nSPS) is 10.5.